The van der Waals surface area contributed by atoms with Gasteiger partial charge in [0.15, 0.2) is 0 Å². The van der Waals surface area contributed by atoms with Crippen LogP contribution in [-0.4, -0.2) is 23.2 Å². The van der Waals surface area contributed by atoms with Crippen LogP contribution in [-0.2, 0) is 9.53 Å². The van der Waals surface area contributed by atoms with Gasteiger partial charge in [-0.15, -0.1) is 0 Å². The molecule has 2 spiro atoms. The minimum absolute atomic E-state index is 0.0174. The van der Waals surface area contributed by atoms with Gasteiger partial charge in [0.1, 0.15) is 6.10 Å². The van der Waals surface area contributed by atoms with E-state index in [1.54, 1.807) is 0 Å². The summed E-state index contributed by atoms with van der Waals surface area (Å²) < 4.78 is 5.82. The second kappa shape index (κ2) is 5.83. The minimum atomic E-state index is 0.0174. The summed E-state index contributed by atoms with van der Waals surface area (Å²) in [5.74, 6) is 0.0854. The molecule has 0 aromatic carbocycles. The van der Waals surface area contributed by atoms with E-state index in [2.05, 4.69) is 33.9 Å². The number of hydrazine groups is 2. The van der Waals surface area contributed by atoms with Gasteiger partial charge in [-0.25, -0.2) is 10.9 Å². The molecule has 23 heavy (non-hydrogen) atoms. The Kier molecular flexibility index (Phi) is 3.81. The van der Waals surface area contributed by atoms with Crippen LogP contribution in [0.5, 0.6) is 0 Å². The Labute approximate surface area is 137 Å². The topological polar surface area (TPSA) is 74.4 Å². The Hall–Kier alpha value is -1.53. The molecule has 4 rings (SSSR count). The van der Waals surface area contributed by atoms with Crippen molar-refractivity contribution in [3.8, 4) is 0 Å². The summed E-state index contributed by atoms with van der Waals surface area (Å²) in [4.78, 5) is 12.5. The molecule has 2 heterocycles. The third-order valence-corrected chi connectivity index (χ3v) is 5.93. The lowest BCUT2D eigenvalue weighted by Crippen LogP contribution is -2.49. The van der Waals surface area contributed by atoms with Crippen LogP contribution in [0.1, 0.15) is 51.4 Å². The van der Waals surface area contributed by atoms with Gasteiger partial charge in [0.25, 0.3) is 0 Å². The molecule has 0 aromatic rings. The molecule has 0 bridgehead atoms. The van der Waals surface area contributed by atoms with E-state index in [-0.39, 0.29) is 29.1 Å². The summed E-state index contributed by atoms with van der Waals surface area (Å²) in [6.07, 6.45) is 16.1. The van der Waals surface area contributed by atoms with Crippen molar-refractivity contribution in [2.75, 3.05) is 0 Å². The fraction of sp³-hybridized carbons (Fsp3) is 0.706. The summed E-state index contributed by atoms with van der Waals surface area (Å²) in [5.41, 5.74) is 12.9. The number of esters is 1. The molecule has 0 radical (unpaired) electrons. The van der Waals surface area contributed by atoms with Crippen LogP contribution >= 0.6 is 0 Å². The number of rotatable bonds is 2. The van der Waals surface area contributed by atoms with Crippen LogP contribution in [0.25, 0.3) is 0 Å². The maximum atomic E-state index is 12.5. The number of ether oxygens (including phenoxy) is 1. The molecular formula is C17H26N4O2. The zero-order valence-corrected chi connectivity index (χ0v) is 13.4. The van der Waals surface area contributed by atoms with Gasteiger partial charge in [0.2, 0.25) is 0 Å². The minimum Gasteiger partial charge on any atom is -0.462 e. The highest BCUT2D eigenvalue weighted by Gasteiger charge is 2.40. The van der Waals surface area contributed by atoms with Crippen molar-refractivity contribution in [2.45, 2.75) is 68.5 Å². The van der Waals surface area contributed by atoms with Crippen molar-refractivity contribution in [3.63, 3.8) is 0 Å². The van der Waals surface area contributed by atoms with E-state index in [0.29, 0.717) is 0 Å². The summed E-state index contributed by atoms with van der Waals surface area (Å²) in [5, 5.41) is 0. The molecule has 0 unspecified atom stereocenters. The molecule has 6 heteroatoms. The third-order valence-electron chi connectivity index (χ3n) is 5.93. The number of hydrogen-bond acceptors (Lipinski definition) is 6. The normalized spacial score (nSPS) is 41.9. The molecule has 0 saturated heterocycles. The first kappa shape index (κ1) is 15.0. The maximum Gasteiger partial charge on any atom is 0.309 e. The number of nitrogens with one attached hydrogen (secondary N) is 4. The maximum absolute atomic E-state index is 12.5. The molecule has 2 aliphatic heterocycles. The fourth-order valence-corrected chi connectivity index (χ4v) is 4.29. The standard InChI is InChI=1S/C17H26N4O2/c22-15(13-1-5-16(6-2-13)9-11-18-20-16)23-14-3-7-17(8-4-14)10-12-19-21-17/h9-14,18-21H,1-8H2. The molecule has 2 saturated carbocycles. The van der Waals surface area contributed by atoms with Crippen LogP contribution in [0.2, 0.25) is 0 Å². The van der Waals surface area contributed by atoms with Gasteiger partial charge < -0.3 is 15.6 Å². The van der Waals surface area contributed by atoms with E-state index in [0.717, 1.165) is 51.4 Å². The third kappa shape index (κ3) is 2.97. The molecule has 2 aliphatic carbocycles. The largest absolute Gasteiger partial charge is 0.462 e. The Bertz CT molecular complexity index is 515. The van der Waals surface area contributed by atoms with Gasteiger partial charge in [-0.2, -0.15) is 0 Å². The zero-order chi connectivity index (χ0) is 15.8. The molecule has 4 N–H and O–H groups in total. The molecule has 0 aromatic heterocycles. The van der Waals surface area contributed by atoms with Gasteiger partial charge in [-0.3, -0.25) is 4.79 Å². The van der Waals surface area contributed by atoms with Crippen LogP contribution in [0, 0.1) is 5.92 Å². The van der Waals surface area contributed by atoms with Crippen LogP contribution < -0.4 is 21.7 Å². The van der Waals surface area contributed by atoms with Crippen LogP contribution in [0.3, 0.4) is 0 Å². The van der Waals surface area contributed by atoms with Crippen molar-refractivity contribution in [1.29, 1.82) is 0 Å². The number of hydrogen-bond donors (Lipinski definition) is 4. The number of carbonyl (C=O) groups excluding carboxylic acids is 1. The molecule has 0 atom stereocenters. The Morgan fingerprint density at radius 1 is 0.870 bits per heavy atom. The lowest BCUT2D eigenvalue weighted by molar-refractivity contribution is -0.157. The highest BCUT2D eigenvalue weighted by Crippen LogP contribution is 2.36. The first-order valence-corrected chi connectivity index (χ1v) is 8.80. The van der Waals surface area contributed by atoms with E-state index >= 15 is 0 Å². The predicted molar refractivity (Wildman–Crippen MR) is 86.6 cm³/mol. The summed E-state index contributed by atoms with van der Waals surface area (Å²) in [6.45, 7) is 0. The molecule has 126 valence electrons. The summed E-state index contributed by atoms with van der Waals surface area (Å²) >= 11 is 0. The molecular weight excluding hydrogens is 292 g/mol. The second-order valence-corrected chi connectivity index (χ2v) is 7.43. The van der Waals surface area contributed by atoms with Gasteiger partial charge in [-0.1, -0.05) is 0 Å². The van der Waals surface area contributed by atoms with Gasteiger partial charge in [0, 0.05) is 12.4 Å². The van der Waals surface area contributed by atoms with E-state index in [4.69, 9.17) is 4.74 Å². The summed E-state index contributed by atoms with van der Waals surface area (Å²) in [7, 11) is 0. The smallest absolute Gasteiger partial charge is 0.309 e. The van der Waals surface area contributed by atoms with E-state index in [9.17, 15) is 4.79 Å². The lowest BCUT2D eigenvalue weighted by Gasteiger charge is -2.37. The van der Waals surface area contributed by atoms with Crippen molar-refractivity contribution in [1.82, 2.24) is 21.7 Å². The quantitative estimate of drug-likeness (QED) is 0.577. The van der Waals surface area contributed by atoms with Crippen molar-refractivity contribution in [3.05, 3.63) is 24.6 Å². The Balaban J connectivity index is 1.25. The number of carbonyl (C=O) groups is 1. The highest BCUT2D eigenvalue weighted by atomic mass is 16.5. The van der Waals surface area contributed by atoms with Gasteiger partial charge in [0.05, 0.1) is 17.0 Å². The second-order valence-electron chi connectivity index (χ2n) is 7.43. The Morgan fingerprint density at radius 3 is 1.87 bits per heavy atom. The first-order chi connectivity index (χ1) is 11.2. The Morgan fingerprint density at radius 2 is 1.39 bits per heavy atom. The SMILES string of the molecule is O=C(OC1CCC2(C=CNN2)CC1)C1CCC2(C=CNN2)CC1. The fourth-order valence-electron chi connectivity index (χ4n) is 4.29. The monoisotopic (exact) mass is 318 g/mol. The lowest BCUT2D eigenvalue weighted by atomic mass is 9.77. The predicted octanol–water partition coefficient (Wildman–Crippen LogP) is 1.38. The van der Waals surface area contributed by atoms with Crippen molar-refractivity contribution < 1.29 is 9.53 Å². The molecule has 2 fully saturated rings. The van der Waals surface area contributed by atoms with E-state index in [1.165, 1.54) is 0 Å². The highest BCUT2D eigenvalue weighted by molar-refractivity contribution is 5.72. The van der Waals surface area contributed by atoms with Crippen molar-refractivity contribution in [2.24, 2.45) is 5.92 Å². The molecule has 0 amide bonds. The van der Waals surface area contributed by atoms with E-state index < -0.39 is 0 Å². The zero-order valence-electron chi connectivity index (χ0n) is 13.4. The van der Waals surface area contributed by atoms with Crippen LogP contribution in [0.4, 0.5) is 0 Å². The molecule has 6 nitrogen and oxygen atoms in total. The van der Waals surface area contributed by atoms with Gasteiger partial charge in [-0.05, 0) is 63.5 Å². The average molecular weight is 318 g/mol. The summed E-state index contributed by atoms with van der Waals surface area (Å²) in [6, 6.07) is 0. The van der Waals surface area contributed by atoms with E-state index in [1.807, 2.05) is 12.4 Å². The average Bonchev–Trinajstić information content (AvgIpc) is 3.21. The first-order valence-electron chi connectivity index (χ1n) is 8.80. The molecule has 4 aliphatic rings. The van der Waals surface area contributed by atoms with Gasteiger partial charge >= 0.3 is 5.97 Å². The van der Waals surface area contributed by atoms with Crippen LogP contribution in [0.15, 0.2) is 24.6 Å². The van der Waals surface area contributed by atoms with Crippen molar-refractivity contribution >= 4 is 5.97 Å².